The summed E-state index contributed by atoms with van der Waals surface area (Å²) in [5.74, 6) is 0.0757. The van der Waals surface area contributed by atoms with Crippen LogP contribution in [-0.4, -0.2) is 24.7 Å². The lowest BCUT2D eigenvalue weighted by molar-refractivity contribution is -0.137. The first-order chi connectivity index (χ1) is 13.7. The number of fused-ring (bicyclic) bond motifs is 1. The molecule has 152 valence electrons. The van der Waals surface area contributed by atoms with Crippen LogP contribution in [-0.2, 0) is 13.2 Å². The van der Waals surface area contributed by atoms with Gasteiger partial charge in [-0.15, -0.1) is 0 Å². The van der Waals surface area contributed by atoms with E-state index >= 15 is 0 Å². The van der Waals surface area contributed by atoms with E-state index in [1.54, 1.807) is 0 Å². The number of alkyl halides is 3. The molecule has 3 aromatic rings. The molecule has 0 aliphatic rings. The van der Waals surface area contributed by atoms with E-state index < -0.39 is 17.6 Å². The third kappa shape index (κ3) is 3.89. The number of carbonyl (C=O) groups excluding carboxylic acids is 1. The molecular formula is C20H17F3N2O4. The summed E-state index contributed by atoms with van der Waals surface area (Å²) in [6, 6.07) is 7.07. The molecule has 0 bridgehead atoms. The van der Waals surface area contributed by atoms with Crippen molar-refractivity contribution in [3.63, 3.8) is 0 Å². The van der Waals surface area contributed by atoms with Gasteiger partial charge in [0.1, 0.15) is 0 Å². The number of methoxy groups -OCH3 is 2. The summed E-state index contributed by atoms with van der Waals surface area (Å²) < 4.78 is 49.8. The molecule has 6 nitrogen and oxygen atoms in total. The predicted molar refractivity (Wildman–Crippen MR) is 102 cm³/mol. The second-order valence-electron chi connectivity index (χ2n) is 6.24. The van der Waals surface area contributed by atoms with Gasteiger partial charge in [-0.2, -0.15) is 13.2 Å². The van der Waals surface area contributed by atoms with Gasteiger partial charge in [-0.05, 0) is 36.4 Å². The van der Waals surface area contributed by atoms with Gasteiger partial charge < -0.3 is 19.4 Å². The average Bonchev–Trinajstić information content (AvgIpc) is 2.69. The zero-order valence-electron chi connectivity index (χ0n) is 15.8. The monoisotopic (exact) mass is 406 g/mol. The molecule has 1 heterocycles. The molecule has 1 aromatic heterocycles. The van der Waals surface area contributed by atoms with Gasteiger partial charge in [-0.1, -0.05) is 0 Å². The summed E-state index contributed by atoms with van der Waals surface area (Å²) in [6.07, 6.45) is -3.11. The third-order valence-electron chi connectivity index (χ3n) is 4.40. The summed E-state index contributed by atoms with van der Waals surface area (Å²) in [4.78, 5) is 25.3. The number of anilines is 1. The number of nitrogens with one attached hydrogen (secondary N) is 1. The van der Waals surface area contributed by atoms with Gasteiger partial charge in [0.05, 0.1) is 30.7 Å². The first-order valence-corrected chi connectivity index (χ1v) is 8.39. The Labute approximate surface area is 163 Å². The molecule has 2 aromatic carbocycles. The number of benzene rings is 2. The quantitative estimate of drug-likeness (QED) is 0.715. The van der Waals surface area contributed by atoms with Crippen molar-refractivity contribution in [2.24, 2.45) is 7.05 Å². The molecule has 3 rings (SSSR count). The van der Waals surface area contributed by atoms with Crippen LogP contribution in [0.25, 0.3) is 10.8 Å². The maximum atomic E-state index is 12.8. The highest BCUT2D eigenvalue weighted by Gasteiger charge is 2.30. The lowest BCUT2D eigenvalue weighted by Gasteiger charge is -2.14. The summed E-state index contributed by atoms with van der Waals surface area (Å²) in [6.45, 7) is 0. The number of carbonyl (C=O) groups is 1. The molecule has 1 N–H and O–H groups in total. The Hall–Kier alpha value is -3.49. The molecule has 9 heteroatoms. The van der Waals surface area contributed by atoms with E-state index in [0.29, 0.717) is 16.9 Å². The second kappa shape index (κ2) is 7.50. The number of rotatable bonds is 4. The first kappa shape index (κ1) is 20.2. The number of aryl methyl sites for hydroxylation is 1. The summed E-state index contributed by atoms with van der Waals surface area (Å²) >= 11 is 0. The van der Waals surface area contributed by atoms with Crippen molar-refractivity contribution in [2.45, 2.75) is 6.18 Å². The fourth-order valence-electron chi connectivity index (χ4n) is 2.91. The Morgan fingerprint density at radius 2 is 1.55 bits per heavy atom. The van der Waals surface area contributed by atoms with E-state index in [1.807, 2.05) is 0 Å². The SMILES string of the molecule is COc1cc2c(C(=O)Nc3ccc(C(F)(F)F)cc3)cn(C)c(=O)c2cc1OC. The number of hydrogen-bond donors (Lipinski definition) is 1. The van der Waals surface area contributed by atoms with E-state index in [4.69, 9.17) is 9.47 Å². The van der Waals surface area contributed by atoms with Crippen LogP contribution in [0.2, 0.25) is 0 Å². The molecule has 0 atom stereocenters. The molecule has 0 saturated heterocycles. The number of halogens is 3. The van der Waals surface area contributed by atoms with Gasteiger partial charge in [0, 0.05) is 24.3 Å². The van der Waals surface area contributed by atoms with E-state index in [9.17, 15) is 22.8 Å². The van der Waals surface area contributed by atoms with Crippen LogP contribution in [0.5, 0.6) is 11.5 Å². The van der Waals surface area contributed by atoms with Crippen LogP contribution in [0.3, 0.4) is 0 Å². The first-order valence-electron chi connectivity index (χ1n) is 8.39. The van der Waals surface area contributed by atoms with Gasteiger partial charge in [0.2, 0.25) is 0 Å². The summed E-state index contributed by atoms with van der Waals surface area (Å²) in [5, 5.41) is 3.12. The van der Waals surface area contributed by atoms with Gasteiger partial charge in [0.25, 0.3) is 11.5 Å². The van der Waals surface area contributed by atoms with E-state index in [1.165, 1.54) is 44.2 Å². The number of aromatic nitrogens is 1. The highest BCUT2D eigenvalue weighted by Crippen LogP contribution is 2.33. The number of ether oxygens (including phenoxy) is 2. The normalized spacial score (nSPS) is 11.4. The lowest BCUT2D eigenvalue weighted by atomic mass is 10.1. The van der Waals surface area contributed by atoms with Crippen LogP contribution in [0.1, 0.15) is 15.9 Å². The Balaban J connectivity index is 2.05. The molecule has 0 spiro atoms. The molecule has 29 heavy (non-hydrogen) atoms. The van der Waals surface area contributed by atoms with Crippen molar-refractivity contribution in [3.05, 3.63) is 64.1 Å². The fraction of sp³-hybridized carbons (Fsp3) is 0.200. The van der Waals surface area contributed by atoms with Crippen LogP contribution >= 0.6 is 0 Å². The Morgan fingerprint density at radius 1 is 1.00 bits per heavy atom. The van der Waals surface area contributed by atoms with Crippen LogP contribution in [0.4, 0.5) is 18.9 Å². The molecular weight excluding hydrogens is 389 g/mol. The topological polar surface area (TPSA) is 69.6 Å². The highest BCUT2D eigenvalue weighted by atomic mass is 19.4. The van der Waals surface area contributed by atoms with Gasteiger partial charge in [-0.3, -0.25) is 9.59 Å². The minimum Gasteiger partial charge on any atom is -0.493 e. The van der Waals surface area contributed by atoms with Crippen molar-refractivity contribution in [2.75, 3.05) is 19.5 Å². The van der Waals surface area contributed by atoms with Crippen molar-refractivity contribution in [1.29, 1.82) is 0 Å². The Bertz CT molecular complexity index is 1140. The van der Waals surface area contributed by atoms with Crippen LogP contribution in [0.15, 0.2) is 47.4 Å². The molecule has 0 fully saturated rings. The van der Waals surface area contributed by atoms with Gasteiger partial charge >= 0.3 is 6.18 Å². The second-order valence-corrected chi connectivity index (χ2v) is 6.24. The molecule has 0 aliphatic carbocycles. The molecule has 0 unspecified atom stereocenters. The maximum Gasteiger partial charge on any atom is 0.416 e. The minimum atomic E-state index is -4.47. The minimum absolute atomic E-state index is 0.156. The number of hydrogen-bond acceptors (Lipinski definition) is 4. The smallest absolute Gasteiger partial charge is 0.416 e. The zero-order chi connectivity index (χ0) is 21.3. The Morgan fingerprint density at radius 3 is 2.07 bits per heavy atom. The van der Waals surface area contributed by atoms with Gasteiger partial charge in [0.15, 0.2) is 11.5 Å². The van der Waals surface area contributed by atoms with E-state index in [-0.39, 0.29) is 22.2 Å². The average molecular weight is 406 g/mol. The highest BCUT2D eigenvalue weighted by molar-refractivity contribution is 6.13. The van der Waals surface area contributed by atoms with Crippen LogP contribution in [0, 0.1) is 0 Å². The standard InChI is InChI=1S/C20H17F3N2O4/c1-25-10-15(13-8-16(28-2)17(29-3)9-14(13)19(25)27)18(26)24-12-6-4-11(5-7-12)20(21,22)23/h4-10H,1-3H3,(H,24,26). The maximum absolute atomic E-state index is 12.8. The van der Waals surface area contributed by atoms with Crippen molar-refractivity contribution in [1.82, 2.24) is 4.57 Å². The number of pyridine rings is 1. The lowest BCUT2D eigenvalue weighted by Crippen LogP contribution is -2.21. The van der Waals surface area contributed by atoms with Crippen molar-refractivity contribution < 1.29 is 27.4 Å². The van der Waals surface area contributed by atoms with Crippen LogP contribution < -0.4 is 20.3 Å². The number of nitrogens with zero attached hydrogens (tertiary/aromatic N) is 1. The third-order valence-corrected chi connectivity index (χ3v) is 4.40. The largest absolute Gasteiger partial charge is 0.493 e. The summed E-state index contributed by atoms with van der Waals surface area (Å²) in [5.41, 5.74) is -0.819. The zero-order valence-corrected chi connectivity index (χ0v) is 15.8. The Kier molecular flexibility index (Phi) is 5.23. The summed E-state index contributed by atoms with van der Waals surface area (Å²) in [7, 11) is 4.34. The molecule has 1 amide bonds. The number of amides is 1. The molecule has 0 aliphatic heterocycles. The molecule has 0 saturated carbocycles. The van der Waals surface area contributed by atoms with E-state index in [0.717, 1.165) is 24.3 Å². The molecule has 0 radical (unpaired) electrons. The fourth-order valence-corrected chi connectivity index (χ4v) is 2.91. The van der Waals surface area contributed by atoms with Crippen molar-refractivity contribution in [3.8, 4) is 11.5 Å². The van der Waals surface area contributed by atoms with E-state index in [2.05, 4.69) is 5.32 Å². The van der Waals surface area contributed by atoms with Gasteiger partial charge in [-0.25, -0.2) is 0 Å². The predicted octanol–water partition coefficient (Wildman–Crippen LogP) is 3.83. The van der Waals surface area contributed by atoms with Crippen molar-refractivity contribution >= 4 is 22.4 Å².